The highest BCUT2D eigenvalue weighted by molar-refractivity contribution is 7.47. The van der Waals surface area contributed by atoms with E-state index < -0.39 is 32.6 Å². The number of rotatable bonds is 42. The number of ketones is 1. The summed E-state index contributed by atoms with van der Waals surface area (Å²) in [6.07, 6.45) is 35.5. The summed E-state index contributed by atoms with van der Waals surface area (Å²) < 4.78 is 28.7. The first kappa shape index (κ1) is 53.2. The fraction of sp³-hybridized carbons (Fsp3) is 0.955. The summed E-state index contributed by atoms with van der Waals surface area (Å²) in [4.78, 5) is 35.6. The van der Waals surface area contributed by atoms with Crippen LogP contribution in [0.4, 0.5) is 0 Å². The van der Waals surface area contributed by atoms with E-state index in [0.29, 0.717) is 10.9 Å². The molecule has 2 unspecified atom stereocenters. The maximum Gasteiger partial charge on any atom is 0.473 e. The Morgan fingerprint density at radius 1 is 0.537 bits per heavy atom. The lowest BCUT2D eigenvalue weighted by Crippen LogP contribution is -2.45. The zero-order chi connectivity index (χ0) is 40.2. The van der Waals surface area contributed by atoms with Gasteiger partial charge in [-0.05, 0) is 12.8 Å². The SMILES string of the molecule is CCCCCCCCCCCCCCCCCC(=O)OC[C@@H](O)COP(=O)(O)OC(C[N+](C)(C)C)C(=O)CCCCCCCCCCCCCCCCC. The van der Waals surface area contributed by atoms with E-state index in [-0.39, 0.29) is 31.8 Å². The Bertz CT molecular complexity index is 912. The van der Waals surface area contributed by atoms with Crippen molar-refractivity contribution >= 4 is 19.6 Å². The molecule has 0 aliphatic rings. The highest BCUT2D eigenvalue weighted by Gasteiger charge is 2.35. The highest BCUT2D eigenvalue weighted by atomic mass is 31.2. The highest BCUT2D eigenvalue weighted by Crippen LogP contribution is 2.45. The largest absolute Gasteiger partial charge is 0.473 e. The monoisotopic (exact) mass is 791 g/mol. The quantitative estimate of drug-likeness (QED) is 0.0271. The van der Waals surface area contributed by atoms with Crippen molar-refractivity contribution in [2.75, 3.05) is 40.9 Å². The smallest absolute Gasteiger partial charge is 0.463 e. The van der Waals surface area contributed by atoms with Crippen LogP contribution in [-0.2, 0) is 27.9 Å². The average Bonchev–Trinajstić information content (AvgIpc) is 3.12. The van der Waals surface area contributed by atoms with Crippen LogP contribution in [-0.4, -0.2) is 79.3 Å². The minimum absolute atomic E-state index is 0.213. The van der Waals surface area contributed by atoms with Crippen LogP contribution in [0.25, 0.3) is 0 Å². The first-order valence-corrected chi connectivity index (χ1v) is 24.2. The summed E-state index contributed by atoms with van der Waals surface area (Å²) in [5.41, 5.74) is 0. The molecular formula is C44H89NO8P+. The van der Waals surface area contributed by atoms with E-state index in [1.165, 1.54) is 154 Å². The number of nitrogens with zero attached hydrogens (tertiary/aromatic N) is 1. The van der Waals surface area contributed by atoms with E-state index in [4.69, 9.17) is 13.8 Å². The summed E-state index contributed by atoms with van der Waals surface area (Å²) in [7, 11) is 1.02. The van der Waals surface area contributed by atoms with Crippen LogP contribution in [0.3, 0.4) is 0 Å². The van der Waals surface area contributed by atoms with Crippen LogP contribution >= 0.6 is 7.82 Å². The molecular weight excluding hydrogens is 701 g/mol. The predicted molar refractivity (Wildman–Crippen MR) is 225 cm³/mol. The molecule has 10 heteroatoms. The van der Waals surface area contributed by atoms with Crippen molar-refractivity contribution in [3.63, 3.8) is 0 Å². The van der Waals surface area contributed by atoms with Gasteiger partial charge in [-0.1, -0.05) is 194 Å². The van der Waals surface area contributed by atoms with Crippen molar-refractivity contribution in [2.24, 2.45) is 0 Å². The Morgan fingerprint density at radius 3 is 1.22 bits per heavy atom. The number of carbonyl (C=O) groups is 2. The number of likely N-dealkylation sites (N-methyl/N-ethyl adjacent to an activating group) is 1. The van der Waals surface area contributed by atoms with Gasteiger partial charge in [-0.15, -0.1) is 0 Å². The van der Waals surface area contributed by atoms with Gasteiger partial charge in [-0.2, -0.15) is 0 Å². The number of phosphoric acid groups is 1. The molecule has 3 atom stereocenters. The number of unbranched alkanes of at least 4 members (excludes halogenated alkanes) is 28. The Labute approximate surface area is 333 Å². The lowest BCUT2D eigenvalue weighted by Gasteiger charge is -2.29. The summed E-state index contributed by atoms with van der Waals surface area (Å²) in [6, 6.07) is 0. The maximum absolute atomic E-state index is 13.1. The number of hydrogen-bond acceptors (Lipinski definition) is 7. The number of hydrogen-bond donors (Lipinski definition) is 2. The molecule has 0 bridgehead atoms. The van der Waals surface area contributed by atoms with E-state index >= 15 is 0 Å². The van der Waals surface area contributed by atoms with Crippen LogP contribution in [0.2, 0.25) is 0 Å². The van der Waals surface area contributed by atoms with Gasteiger partial charge in [0.05, 0.1) is 27.7 Å². The topological polar surface area (TPSA) is 119 Å². The molecule has 54 heavy (non-hydrogen) atoms. The number of phosphoric ester groups is 1. The number of aliphatic hydroxyl groups is 1. The van der Waals surface area contributed by atoms with Gasteiger partial charge in [0.1, 0.15) is 19.3 Å². The third-order valence-electron chi connectivity index (χ3n) is 10.2. The molecule has 0 aromatic rings. The van der Waals surface area contributed by atoms with E-state index in [1.54, 1.807) is 0 Å². The van der Waals surface area contributed by atoms with Gasteiger partial charge in [0.2, 0.25) is 0 Å². The summed E-state index contributed by atoms with van der Waals surface area (Å²) in [5.74, 6) is -0.622. The van der Waals surface area contributed by atoms with Gasteiger partial charge in [-0.25, -0.2) is 4.57 Å². The molecule has 0 aliphatic heterocycles. The van der Waals surface area contributed by atoms with Gasteiger partial charge >= 0.3 is 13.8 Å². The van der Waals surface area contributed by atoms with E-state index in [1.807, 2.05) is 21.1 Å². The molecule has 0 amide bonds. The third kappa shape index (κ3) is 38.1. The normalized spacial score (nSPS) is 14.2. The summed E-state index contributed by atoms with van der Waals surface area (Å²) in [6.45, 7) is 3.84. The third-order valence-corrected chi connectivity index (χ3v) is 11.2. The molecule has 0 aromatic heterocycles. The van der Waals surface area contributed by atoms with Crippen molar-refractivity contribution in [3.8, 4) is 0 Å². The summed E-state index contributed by atoms with van der Waals surface area (Å²) in [5, 5.41) is 10.2. The van der Waals surface area contributed by atoms with Crippen LogP contribution in [0, 0.1) is 0 Å². The number of carbonyl (C=O) groups excluding carboxylic acids is 2. The number of ether oxygens (including phenoxy) is 1. The molecule has 9 nitrogen and oxygen atoms in total. The molecule has 0 aliphatic carbocycles. The summed E-state index contributed by atoms with van der Waals surface area (Å²) >= 11 is 0. The van der Waals surface area contributed by atoms with Crippen LogP contribution < -0.4 is 0 Å². The second-order valence-electron chi connectivity index (χ2n) is 17.0. The van der Waals surface area contributed by atoms with Crippen molar-refractivity contribution in [1.82, 2.24) is 0 Å². The molecule has 0 saturated heterocycles. The van der Waals surface area contributed by atoms with Crippen LogP contribution in [0.5, 0.6) is 0 Å². The lowest BCUT2D eigenvalue weighted by molar-refractivity contribution is -0.872. The van der Waals surface area contributed by atoms with Gasteiger partial charge in [-0.3, -0.25) is 18.6 Å². The van der Waals surface area contributed by atoms with Crippen molar-refractivity contribution in [2.45, 2.75) is 232 Å². The fourth-order valence-corrected chi connectivity index (χ4v) is 7.77. The van der Waals surface area contributed by atoms with E-state index in [0.717, 1.165) is 32.1 Å². The Kier molecular flexibility index (Phi) is 35.9. The Hall–Kier alpha value is -0.830. The van der Waals surface area contributed by atoms with Crippen molar-refractivity contribution < 1.29 is 42.4 Å². The fourth-order valence-electron chi connectivity index (χ4n) is 6.84. The molecule has 2 N–H and O–H groups in total. The number of Topliss-reactive ketones (excluding diaryl/α,β-unsaturated/α-hetero) is 1. The van der Waals surface area contributed by atoms with Crippen molar-refractivity contribution in [3.05, 3.63) is 0 Å². The van der Waals surface area contributed by atoms with E-state index in [2.05, 4.69) is 13.8 Å². The van der Waals surface area contributed by atoms with Crippen molar-refractivity contribution in [1.29, 1.82) is 0 Å². The van der Waals surface area contributed by atoms with Gasteiger partial charge in [0, 0.05) is 12.8 Å². The minimum atomic E-state index is -4.64. The van der Waals surface area contributed by atoms with Crippen LogP contribution in [0.1, 0.15) is 219 Å². The molecule has 0 spiro atoms. The maximum atomic E-state index is 13.1. The Balaban J connectivity index is 4.08. The number of quaternary nitrogens is 1. The van der Waals surface area contributed by atoms with Gasteiger partial charge in [0.15, 0.2) is 11.9 Å². The minimum Gasteiger partial charge on any atom is -0.463 e. The second-order valence-corrected chi connectivity index (χ2v) is 18.4. The molecule has 322 valence electrons. The van der Waals surface area contributed by atoms with Gasteiger partial charge < -0.3 is 19.2 Å². The molecule has 0 fully saturated rings. The molecule has 0 rings (SSSR count). The molecule has 0 radical (unpaired) electrons. The Morgan fingerprint density at radius 2 is 0.870 bits per heavy atom. The first-order chi connectivity index (χ1) is 25.9. The standard InChI is InChI=1S/C44H88NO8P/c1-6-8-10-12-14-16-18-20-22-24-26-28-30-32-34-36-42(47)43(38-45(3,4)5)53-54(49,50)52-40-41(46)39-51-44(48)37-35-33-31-29-27-25-23-21-19-17-15-13-11-9-7-2/h41,43,46H,6-40H2,1-5H3/p+1/t41-,43?/m1/s1. The van der Waals surface area contributed by atoms with Crippen LogP contribution in [0.15, 0.2) is 0 Å². The second kappa shape index (κ2) is 36.5. The van der Waals surface area contributed by atoms with Gasteiger partial charge in [0.25, 0.3) is 0 Å². The molecule has 0 saturated carbocycles. The van der Waals surface area contributed by atoms with E-state index in [9.17, 15) is 24.2 Å². The zero-order valence-corrected chi connectivity index (χ0v) is 37.0. The molecule has 0 heterocycles. The lowest BCUT2D eigenvalue weighted by atomic mass is 10.0. The molecule has 0 aromatic carbocycles. The number of aliphatic hydroxyl groups excluding tert-OH is 1. The first-order valence-electron chi connectivity index (χ1n) is 22.7. The average molecular weight is 791 g/mol. The predicted octanol–water partition coefficient (Wildman–Crippen LogP) is 12.2. The zero-order valence-electron chi connectivity index (χ0n) is 36.1. The number of esters is 1.